The van der Waals surface area contributed by atoms with Crippen molar-refractivity contribution in [2.24, 2.45) is 5.73 Å². The highest BCUT2D eigenvalue weighted by atomic mass is 19.1. The number of aromatic nitrogens is 1. The number of halogens is 2. The molecule has 0 amide bonds. The number of fused-ring (bicyclic) bond motifs is 1. The largest absolute Gasteiger partial charge is 0.330 e. The lowest BCUT2D eigenvalue weighted by Gasteiger charge is -2.13. The van der Waals surface area contributed by atoms with Gasteiger partial charge in [-0.1, -0.05) is 12.1 Å². The van der Waals surface area contributed by atoms with Crippen molar-refractivity contribution in [3.05, 3.63) is 76.2 Å². The second-order valence-electron chi connectivity index (χ2n) is 5.03. The normalized spacial score (nSPS) is 11.0. The van der Waals surface area contributed by atoms with Gasteiger partial charge in [0.05, 0.1) is 5.52 Å². The average molecular weight is 300 g/mol. The second-order valence-corrected chi connectivity index (χ2v) is 5.03. The number of benzene rings is 1. The molecule has 3 rings (SSSR count). The van der Waals surface area contributed by atoms with E-state index in [9.17, 15) is 13.6 Å². The van der Waals surface area contributed by atoms with Crippen LogP contribution in [0.4, 0.5) is 8.78 Å². The Morgan fingerprint density at radius 3 is 2.36 bits per heavy atom. The number of hydrogen-bond acceptors (Lipinski definition) is 2. The molecule has 1 aromatic carbocycles. The number of nitrogens with zero attached hydrogens (tertiary/aromatic N) is 1. The molecule has 3 aromatic rings. The molecule has 0 aliphatic rings. The molecule has 0 aliphatic carbocycles. The number of nitrogens with two attached hydrogens (primary N) is 1. The van der Waals surface area contributed by atoms with E-state index in [1.165, 1.54) is 28.7 Å². The van der Waals surface area contributed by atoms with Crippen LogP contribution in [0.2, 0.25) is 0 Å². The Hall–Kier alpha value is -2.53. The highest BCUT2D eigenvalue weighted by Crippen LogP contribution is 2.28. The Balaban J connectivity index is 2.38. The fourth-order valence-corrected chi connectivity index (χ4v) is 2.62. The van der Waals surface area contributed by atoms with Gasteiger partial charge >= 0.3 is 0 Å². The quantitative estimate of drug-likeness (QED) is 0.808. The van der Waals surface area contributed by atoms with E-state index in [0.29, 0.717) is 18.5 Å². The molecule has 0 saturated heterocycles. The van der Waals surface area contributed by atoms with Crippen molar-refractivity contribution in [3.8, 4) is 11.1 Å². The summed E-state index contributed by atoms with van der Waals surface area (Å²) in [7, 11) is 0. The Bertz CT molecular complexity index is 886. The van der Waals surface area contributed by atoms with E-state index in [-0.39, 0.29) is 11.4 Å². The van der Waals surface area contributed by atoms with Crippen molar-refractivity contribution in [1.29, 1.82) is 0 Å². The number of hydrogen-bond donors (Lipinski definition) is 1. The van der Waals surface area contributed by atoms with Crippen molar-refractivity contribution in [2.45, 2.75) is 6.42 Å². The first kappa shape index (κ1) is 14.4. The molecule has 3 nitrogen and oxygen atoms in total. The Kier molecular flexibility index (Phi) is 3.73. The van der Waals surface area contributed by atoms with E-state index >= 15 is 0 Å². The molecule has 2 aromatic heterocycles. The van der Waals surface area contributed by atoms with Gasteiger partial charge in [0.15, 0.2) is 0 Å². The molecule has 0 atom stereocenters. The van der Waals surface area contributed by atoms with Gasteiger partial charge < -0.3 is 5.73 Å². The Labute approximate surface area is 125 Å². The van der Waals surface area contributed by atoms with E-state index < -0.39 is 5.82 Å². The maximum Gasteiger partial charge on any atom is 0.255 e. The zero-order valence-electron chi connectivity index (χ0n) is 11.7. The van der Waals surface area contributed by atoms with Gasteiger partial charge in [-0.2, -0.15) is 0 Å². The van der Waals surface area contributed by atoms with Crippen molar-refractivity contribution in [2.75, 3.05) is 6.54 Å². The summed E-state index contributed by atoms with van der Waals surface area (Å²) in [6.07, 6.45) is 1.66. The summed E-state index contributed by atoms with van der Waals surface area (Å²) in [6, 6.07) is 10.3. The van der Waals surface area contributed by atoms with Crippen molar-refractivity contribution >= 4 is 5.52 Å². The van der Waals surface area contributed by atoms with Crippen LogP contribution in [0.5, 0.6) is 0 Å². The van der Waals surface area contributed by atoms with Gasteiger partial charge in [-0.3, -0.25) is 9.20 Å². The smallest absolute Gasteiger partial charge is 0.255 e. The minimum absolute atomic E-state index is 0.316. The van der Waals surface area contributed by atoms with Crippen molar-refractivity contribution in [3.63, 3.8) is 0 Å². The predicted octanol–water partition coefficient (Wildman–Crippen LogP) is 2.75. The lowest BCUT2D eigenvalue weighted by molar-refractivity contribution is 0.618. The molecule has 22 heavy (non-hydrogen) atoms. The van der Waals surface area contributed by atoms with Crippen LogP contribution in [0.25, 0.3) is 16.6 Å². The fourth-order valence-electron chi connectivity index (χ4n) is 2.62. The van der Waals surface area contributed by atoms with E-state index in [2.05, 4.69) is 0 Å². The van der Waals surface area contributed by atoms with Gasteiger partial charge in [-0.15, -0.1) is 0 Å². The maximum absolute atomic E-state index is 13.4. The minimum atomic E-state index is -0.494. The number of rotatable bonds is 3. The Morgan fingerprint density at radius 2 is 1.68 bits per heavy atom. The molecule has 0 fully saturated rings. The standard InChI is InChI=1S/C17H14F2N2O/c18-13-3-1-11(2-4-13)17-12(7-8-20)9-16(22)21-10-14(19)5-6-15(17)21/h1-6,9-10H,7-8,20H2. The van der Waals surface area contributed by atoms with E-state index in [4.69, 9.17) is 5.73 Å². The van der Waals surface area contributed by atoms with Gasteiger partial charge in [0.25, 0.3) is 5.56 Å². The summed E-state index contributed by atoms with van der Waals surface area (Å²) in [4.78, 5) is 12.2. The third-order valence-electron chi connectivity index (χ3n) is 3.57. The zero-order valence-corrected chi connectivity index (χ0v) is 11.7. The van der Waals surface area contributed by atoms with E-state index in [1.807, 2.05) is 0 Å². The minimum Gasteiger partial charge on any atom is -0.330 e. The molecular weight excluding hydrogens is 286 g/mol. The molecule has 2 N–H and O–H groups in total. The van der Waals surface area contributed by atoms with E-state index in [0.717, 1.165) is 22.9 Å². The van der Waals surface area contributed by atoms with E-state index in [1.54, 1.807) is 18.2 Å². The Morgan fingerprint density at radius 1 is 1.00 bits per heavy atom. The summed E-state index contributed by atoms with van der Waals surface area (Å²) < 4.78 is 27.8. The van der Waals surface area contributed by atoms with Crippen LogP contribution >= 0.6 is 0 Å². The molecule has 5 heteroatoms. The van der Waals surface area contributed by atoms with Crippen molar-refractivity contribution < 1.29 is 8.78 Å². The lowest BCUT2D eigenvalue weighted by atomic mass is 9.97. The third kappa shape index (κ3) is 2.51. The van der Waals surface area contributed by atoms with Gasteiger partial charge in [-0.05, 0) is 48.4 Å². The highest BCUT2D eigenvalue weighted by Gasteiger charge is 2.13. The molecule has 0 aliphatic heterocycles. The first-order chi connectivity index (χ1) is 10.6. The van der Waals surface area contributed by atoms with Gasteiger partial charge in [-0.25, -0.2) is 8.78 Å². The van der Waals surface area contributed by atoms with Gasteiger partial charge in [0.1, 0.15) is 11.6 Å². The second kappa shape index (κ2) is 5.69. The third-order valence-corrected chi connectivity index (χ3v) is 3.57. The molecular formula is C17H14F2N2O. The summed E-state index contributed by atoms with van der Waals surface area (Å²) in [6.45, 7) is 0.380. The van der Waals surface area contributed by atoms with Gasteiger partial charge in [0.2, 0.25) is 0 Å². The van der Waals surface area contributed by atoms with Crippen LogP contribution in [0.3, 0.4) is 0 Å². The monoisotopic (exact) mass is 300 g/mol. The van der Waals surface area contributed by atoms with Crippen molar-refractivity contribution in [1.82, 2.24) is 4.40 Å². The van der Waals surface area contributed by atoms with Crippen LogP contribution in [0, 0.1) is 11.6 Å². The SMILES string of the molecule is NCCc1cc(=O)n2cc(F)ccc2c1-c1ccc(F)cc1. The molecule has 0 spiro atoms. The molecule has 112 valence electrons. The van der Waals surface area contributed by atoms with Crippen LogP contribution in [-0.2, 0) is 6.42 Å². The fraction of sp³-hybridized carbons (Fsp3) is 0.118. The van der Waals surface area contributed by atoms with Crippen LogP contribution < -0.4 is 11.3 Å². The first-order valence-electron chi connectivity index (χ1n) is 6.90. The summed E-state index contributed by atoms with van der Waals surface area (Å²) in [5.41, 5.74) is 8.17. The summed E-state index contributed by atoms with van der Waals surface area (Å²) >= 11 is 0. The first-order valence-corrected chi connectivity index (χ1v) is 6.90. The molecule has 0 bridgehead atoms. The average Bonchev–Trinajstić information content (AvgIpc) is 2.50. The van der Waals surface area contributed by atoms with Crippen LogP contribution in [-0.4, -0.2) is 10.9 Å². The van der Waals surface area contributed by atoms with Crippen LogP contribution in [0.15, 0.2) is 53.5 Å². The van der Waals surface area contributed by atoms with Crippen LogP contribution in [0.1, 0.15) is 5.56 Å². The number of pyridine rings is 2. The summed E-state index contributed by atoms with van der Waals surface area (Å²) in [5, 5.41) is 0. The summed E-state index contributed by atoms with van der Waals surface area (Å²) in [5.74, 6) is -0.834. The maximum atomic E-state index is 13.4. The molecule has 0 radical (unpaired) electrons. The molecule has 2 heterocycles. The lowest BCUT2D eigenvalue weighted by Crippen LogP contribution is -2.17. The molecule has 0 unspecified atom stereocenters. The topological polar surface area (TPSA) is 47.5 Å². The zero-order chi connectivity index (χ0) is 15.7. The predicted molar refractivity (Wildman–Crippen MR) is 81.8 cm³/mol. The molecule has 0 saturated carbocycles. The van der Waals surface area contributed by atoms with Gasteiger partial charge in [0, 0.05) is 17.8 Å². The highest BCUT2D eigenvalue weighted by molar-refractivity contribution is 5.83.